The number of Topliss-reactive ketones (excluding diaryl/α,β-unsaturated/α-hetero) is 1. The van der Waals surface area contributed by atoms with Crippen molar-refractivity contribution in [2.75, 3.05) is 7.11 Å². The van der Waals surface area contributed by atoms with Gasteiger partial charge in [-0.1, -0.05) is 19.3 Å². The van der Waals surface area contributed by atoms with Crippen LogP contribution in [0.3, 0.4) is 0 Å². The Hall–Kier alpha value is -0.860. The van der Waals surface area contributed by atoms with Crippen LogP contribution < -0.4 is 0 Å². The van der Waals surface area contributed by atoms with Gasteiger partial charge >= 0.3 is 5.97 Å². The molecule has 0 atom stereocenters. The standard InChI is InChI=1S/C11H19O3/c1-10(12)8-6-4-3-5-7-9-11(13)14-2/h1,3-9H2,2H3. The Morgan fingerprint density at radius 2 is 1.50 bits per heavy atom. The molecule has 0 aliphatic rings. The van der Waals surface area contributed by atoms with Crippen LogP contribution in [0.4, 0.5) is 0 Å². The van der Waals surface area contributed by atoms with Crippen molar-refractivity contribution in [1.82, 2.24) is 0 Å². The van der Waals surface area contributed by atoms with Gasteiger partial charge in [0.15, 0.2) is 0 Å². The molecule has 0 fully saturated rings. The van der Waals surface area contributed by atoms with E-state index in [1.807, 2.05) is 0 Å². The number of ketones is 1. The molecule has 0 N–H and O–H groups in total. The van der Waals surface area contributed by atoms with E-state index >= 15 is 0 Å². The number of unbranched alkanes of at least 4 members (excludes halogenated alkanes) is 4. The highest BCUT2D eigenvalue weighted by Crippen LogP contribution is 2.07. The van der Waals surface area contributed by atoms with Gasteiger partial charge in [0, 0.05) is 19.8 Å². The van der Waals surface area contributed by atoms with Crippen LogP contribution in [0.2, 0.25) is 0 Å². The molecule has 0 spiro atoms. The van der Waals surface area contributed by atoms with Crippen LogP contribution in [0.25, 0.3) is 0 Å². The third kappa shape index (κ3) is 9.23. The first kappa shape index (κ1) is 13.1. The lowest BCUT2D eigenvalue weighted by Crippen LogP contribution is -1.99. The fraction of sp³-hybridized carbons (Fsp3) is 0.727. The quantitative estimate of drug-likeness (QED) is 0.445. The molecule has 0 bridgehead atoms. The third-order valence-corrected chi connectivity index (χ3v) is 2.06. The lowest BCUT2D eigenvalue weighted by molar-refractivity contribution is -0.140. The van der Waals surface area contributed by atoms with Crippen LogP contribution >= 0.6 is 0 Å². The number of hydrogen-bond acceptors (Lipinski definition) is 3. The number of ether oxygens (including phenoxy) is 1. The Morgan fingerprint density at radius 3 is 2.00 bits per heavy atom. The molecule has 0 saturated carbocycles. The largest absolute Gasteiger partial charge is 0.469 e. The van der Waals surface area contributed by atoms with E-state index in [9.17, 15) is 9.59 Å². The minimum absolute atomic E-state index is 0.0135. The summed E-state index contributed by atoms with van der Waals surface area (Å²) >= 11 is 0. The monoisotopic (exact) mass is 199 g/mol. The van der Waals surface area contributed by atoms with Crippen LogP contribution in [0, 0.1) is 6.92 Å². The second-order valence-corrected chi connectivity index (χ2v) is 3.38. The Balaban J connectivity index is 3.06. The Bertz CT molecular complexity index is 175. The summed E-state index contributed by atoms with van der Waals surface area (Å²) in [6.07, 6.45) is 6.03. The number of esters is 1. The Labute approximate surface area is 85.8 Å². The molecule has 1 radical (unpaired) electrons. The summed E-state index contributed by atoms with van der Waals surface area (Å²) in [6.45, 7) is 3.31. The lowest BCUT2D eigenvalue weighted by atomic mass is 10.1. The maximum Gasteiger partial charge on any atom is 0.305 e. The molecule has 0 aromatic heterocycles. The summed E-state index contributed by atoms with van der Waals surface area (Å²) in [5, 5.41) is 0. The maximum absolute atomic E-state index is 10.7. The molecule has 0 amide bonds. The first-order valence-electron chi connectivity index (χ1n) is 5.08. The van der Waals surface area contributed by atoms with Crippen molar-refractivity contribution in [3.8, 4) is 0 Å². The molecular weight excluding hydrogens is 180 g/mol. The van der Waals surface area contributed by atoms with Gasteiger partial charge < -0.3 is 4.74 Å². The molecule has 0 aliphatic heterocycles. The summed E-state index contributed by atoms with van der Waals surface area (Å²) in [6, 6.07) is 0. The molecule has 3 heteroatoms. The zero-order valence-electron chi connectivity index (χ0n) is 8.88. The Morgan fingerprint density at radius 1 is 1.00 bits per heavy atom. The Kier molecular flexibility index (Phi) is 8.19. The van der Waals surface area contributed by atoms with Crippen molar-refractivity contribution in [3.63, 3.8) is 0 Å². The van der Waals surface area contributed by atoms with Gasteiger partial charge in [-0.25, -0.2) is 0 Å². The highest BCUT2D eigenvalue weighted by Gasteiger charge is 1.99. The molecule has 0 unspecified atom stereocenters. The average Bonchev–Trinajstić information content (AvgIpc) is 2.15. The van der Waals surface area contributed by atoms with Crippen molar-refractivity contribution >= 4 is 11.8 Å². The van der Waals surface area contributed by atoms with Gasteiger partial charge in [-0.15, -0.1) is 0 Å². The first-order chi connectivity index (χ1) is 6.66. The van der Waals surface area contributed by atoms with E-state index in [-0.39, 0.29) is 11.8 Å². The minimum atomic E-state index is -0.141. The smallest absolute Gasteiger partial charge is 0.305 e. The van der Waals surface area contributed by atoms with Crippen LogP contribution in [0.1, 0.15) is 44.9 Å². The van der Waals surface area contributed by atoms with Gasteiger partial charge in [-0.2, -0.15) is 0 Å². The highest BCUT2D eigenvalue weighted by molar-refractivity contribution is 5.82. The van der Waals surface area contributed by atoms with Crippen molar-refractivity contribution in [3.05, 3.63) is 6.92 Å². The molecule has 0 aliphatic carbocycles. The predicted octanol–water partition coefficient (Wildman–Crippen LogP) is 2.29. The summed E-state index contributed by atoms with van der Waals surface area (Å²) < 4.78 is 4.52. The molecular formula is C11H19O3. The molecule has 14 heavy (non-hydrogen) atoms. The van der Waals surface area contributed by atoms with E-state index in [0.29, 0.717) is 12.8 Å². The molecule has 0 heterocycles. The number of carbonyl (C=O) groups excluding carboxylic acids is 2. The van der Waals surface area contributed by atoms with Crippen molar-refractivity contribution in [2.24, 2.45) is 0 Å². The minimum Gasteiger partial charge on any atom is -0.469 e. The van der Waals surface area contributed by atoms with Crippen LogP contribution in [0.5, 0.6) is 0 Å². The summed E-state index contributed by atoms with van der Waals surface area (Å²) in [5.74, 6) is -0.127. The van der Waals surface area contributed by atoms with E-state index < -0.39 is 0 Å². The molecule has 0 aromatic rings. The predicted molar refractivity (Wildman–Crippen MR) is 54.7 cm³/mol. The number of hydrogen-bond donors (Lipinski definition) is 0. The van der Waals surface area contributed by atoms with Crippen molar-refractivity contribution in [2.45, 2.75) is 44.9 Å². The van der Waals surface area contributed by atoms with E-state index in [1.54, 1.807) is 0 Å². The topological polar surface area (TPSA) is 43.4 Å². The van der Waals surface area contributed by atoms with E-state index in [0.717, 1.165) is 32.1 Å². The highest BCUT2D eigenvalue weighted by atomic mass is 16.5. The van der Waals surface area contributed by atoms with Gasteiger partial charge in [-0.3, -0.25) is 9.59 Å². The van der Waals surface area contributed by atoms with E-state index in [1.165, 1.54) is 7.11 Å². The fourth-order valence-electron chi connectivity index (χ4n) is 1.22. The van der Waals surface area contributed by atoms with E-state index in [4.69, 9.17) is 0 Å². The van der Waals surface area contributed by atoms with Gasteiger partial charge in [0.2, 0.25) is 0 Å². The molecule has 3 nitrogen and oxygen atoms in total. The van der Waals surface area contributed by atoms with Crippen molar-refractivity contribution in [1.29, 1.82) is 0 Å². The van der Waals surface area contributed by atoms with Gasteiger partial charge in [0.1, 0.15) is 5.78 Å². The average molecular weight is 199 g/mol. The third-order valence-electron chi connectivity index (χ3n) is 2.06. The number of methoxy groups -OCH3 is 1. The molecule has 0 saturated heterocycles. The lowest BCUT2D eigenvalue weighted by Gasteiger charge is -2.00. The first-order valence-corrected chi connectivity index (χ1v) is 5.08. The van der Waals surface area contributed by atoms with Crippen LogP contribution in [-0.4, -0.2) is 18.9 Å². The molecule has 81 valence electrons. The molecule has 0 rings (SSSR count). The zero-order chi connectivity index (χ0) is 10.8. The maximum atomic E-state index is 10.7. The van der Waals surface area contributed by atoms with Gasteiger partial charge in [0.25, 0.3) is 0 Å². The fourth-order valence-corrected chi connectivity index (χ4v) is 1.22. The summed E-state index contributed by atoms with van der Waals surface area (Å²) in [4.78, 5) is 21.2. The SMILES string of the molecule is [CH2]C(=O)CCCCCCCC(=O)OC. The van der Waals surface area contributed by atoms with E-state index in [2.05, 4.69) is 11.7 Å². The van der Waals surface area contributed by atoms with Crippen molar-refractivity contribution < 1.29 is 14.3 Å². The summed E-state index contributed by atoms with van der Waals surface area (Å²) in [5.41, 5.74) is 0. The number of carbonyl (C=O) groups is 2. The molecule has 0 aromatic carbocycles. The van der Waals surface area contributed by atoms with Crippen LogP contribution in [0.15, 0.2) is 0 Å². The zero-order valence-corrected chi connectivity index (χ0v) is 8.88. The van der Waals surface area contributed by atoms with Crippen LogP contribution in [-0.2, 0) is 14.3 Å². The van der Waals surface area contributed by atoms with Gasteiger partial charge in [0.05, 0.1) is 7.11 Å². The second kappa shape index (κ2) is 8.73. The normalized spacial score (nSPS) is 9.86. The second-order valence-electron chi connectivity index (χ2n) is 3.38. The number of rotatable bonds is 8. The van der Waals surface area contributed by atoms with Gasteiger partial charge in [-0.05, 0) is 12.8 Å². The summed E-state index contributed by atoms with van der Waals surface area (Å²) in [7, 11) is 1.40.